The van der Waals surface area contributed by atoms with Crippen LogP contribution >= 0.6 is 11.6 Å². The number of amides is 1. The lowest BCUT2D eigenvalue weighted by molar-refractivity contribution is -0.0439. The van der Waals surface area contributed by atoms with E-state index in [1.54, 1.807) is 12.0 Å². The summed E-state index contributed by atoms with van der Waals surface area (Å²) in [4.78, 5) is 18.1. The fourth-order valence-corrected chi connectivity index (χ4v) is 2.50. The highest BCUT2D eigenvalue weighted by Crippen LogP contribution is 2.26. The van der Waals surface area contributed by atoms with Gasteiger partial charge in [0.2, 0.25) is 0 Å². The lowest BCUT2D eigenvalue weighted by atomic mass is 9.94. The molecule has 104 valence electrons. The number of carbonyl (C=O) groups excluding carboxylic acids is 1. The van der Waals surface area contributed by atoms with Crippen LogP contribution in [0, 0.1) is 0 Å². The zero-order valence-corrected chi connectivity index (χ0v) is 11.9. The lowest BCUT2D eigenvalue weighted by Gasteiger charge is -2.39. The number of rotatable bonds is 2. The number of nitrogen functional groups attached to an aromatic ring is 1. The summed E-state index contributed by atoms with van der Waals surface area (Å²) in [7, 11) is 1.67. The Kier molecular flexibility index (Phi) is 3.96. The van der Waals surface area contributed by atoms with Gasteiger partial charge in [0.1, 0.15) is 5.15 Å². The Morgan fingerprint density at radius 1 is 1.63 bits per heavy atom. The maximum Gasteiger partial charge on any atom is 0.256 e. The van der Waals surface area contributed by atoms with Crippen LogP contribution in [-0.2, 0) is 4.74 Å². The van der Waals surface area contributed by atoms with Gasteiger partial charge >= 0.3 is 0 Å². The van der Waals surface area contributed by atoms with Crippen LogP contribution in [0.25, 0.3) is 0 Å². The summed E-state index contributed by atoms with van der Waals surface area (Å²) < 4.78 is 5.49. The molecule has 0 saturated carbocycles. The molecule has 0 radical (unpaired) electrons. The van der Waals surface area contributed by atoms with Crippen LogP contribution in [0.1, 0.15) is 30.1 Å². The Morgan fingerprint density at radius 3 is 3.05 bits per heavy atom. The summed E-state index contributed by atoms with van der Waals surface area (Å²) in [6.45, 7) is 3.27. The molecule has 6 heteroatoms. The molecule has 0 aromatic carbocycles. The lowest BCUT2D eigenvalue weighted by Crippen LogP contribution is -2.49. The number of carbonyl (C=O) groups is 1. The summed E-state index contributed by atoms with van der Waals surface area (Å²) in [5.74, 6) is -0.121. The van der Waals surface area contributed by atoms with E-state index in [1.807, 2.05) is 6.92 Å². The van der Waals surface area contributed by atoms with E-state index >= 15 is 0 Å². The Balaban J connectivity index is 2.22. The average molecular weight is 284 g/mol. The molecule has 0 bridgehead atoms. The molecule has 1 fully saturated rings. The number of hydrogen-bond acceptors (Lipinski definition) is 4. The average Bonchev–Trinajstić information content (AvgIpc) is 2.41. The second-order valence-electron chi connectivity index (χ2n) is 5.08. The third-order valence-electron chi connectivity index (χ3n) is 3.57. The second-order valence-corrected chi connectivity index (χ2v) is 5.47. The fourth-order valence-electron chi connectivity index (χ4n) is 2.34. The molecular weight excluding hydrogens is 266 g/mol. The van der Waals surface area contributed by atoms with Crippen molar-refractivity contribution in [3.8, 4) is 0 Å². The van der Waals surface area contributed by atoms with Gasteiger partial charge in [-0.15, -0.1) is 0 Å². The van der Waals surface area contributed by atoms with Gasteiger partial charge in [-0.05, 0) is 25.8 Å². The smallest absolute Gasteiger partial charge is 0.256 e. The van der Waals surface area contributed by atoms with E-state index in [2.05, 4.69) is 4.98 Å². The second kappa shape index (κ2) is 5.35. The highest BCUT2D eigenvalue weighted by atomic mass is 35.5. The van der Waals surface area contributed by atoms with Gasteiger partial charge in [-0.1, -0.05) is 11.6 Å². The van der Waals surface area contributed by atoms with Gasteiger partial charge in [0, 0.05) is 20.2 Å². The van der Waals surface area contributed by atoms with Gasteiger partial charge < -0.3 is 15.4 Å². The molecule has 2 N–H and O–H groups in total. The van der Waals surface area contributed by atoms with Crippen LogP contribution in [0.5, 0.6) is 0 Å². The molecule has 1 aromatic heterocycles. The number of nitrogens with two attached hydrogens (primary N) is 1. The van der Waals surface area contributed by atoms with Crippen molar-refractivity contribution >= 4 is 23.2 Å². The molecule has 1 amide bonds. The molecule has 1 aliphatic heterocycles. The van der Waals surface area contributed by atoms with Crippen molar-refractivity contribution in [2.24, 2.45) is 0 Å². The van der Waals surface area contributed by atoms with E-state index in [9.17, 15) is 4.79 Å². The molecule has 1 unspecified atom stereocenters. The number of anilines is 1. The molecule has 1 aromatic rings. The summed E-state index contributed by atoms with van der Waals surface area (Å²) >= 11 is 5.82. The number of nitrogens with zero attached hydrogens (tertiary/aromatic N) is 2. The summed E-state index contributed by atoms with van der Waals surface area (Å²) in [6, 6.07) is 1.51. The van der Waals surface area contributed by atoms with E-state index in [4.69, 9.17) is 22.1 Å². The summed E-state index contributed by atoms with van der Waals surface area (Å²) in [5, 5.41) is 0.268. The van der Waals surface area contributed by atoms with E-state index < -0.39 is 0 Å². The number of aromatic nitrogens is 1. The quantitative estimate of drug-likeness (QED) is 0.843. The summed E-state index contributed by atoms with van der Waals surface area (Å²) in [5.41, 5.74) is 6.25. The first-order valence-corrected chi connectivity index (χ1v) is 6.58. The van der Waals surface area contributed by atoms with Crippen molar-refractivity contribution in [1.29, 1.82) is 0 Å². The number of piperidine rings is 1. The molecule has 19 heavy (non-hydrogen) atoms. The number of halogens is 1. The van der Waals surface area contributed by atoms with E-state index in [-0.39, 0.29) is 16.7 Å². The van der Waals surface area contributed by atoms with Gasteiger partial charge in [-0.25, -0.2) is 4.98 Å². The molecular formula is C13H18ClN3O2. The minimum Gasteiger partial charge on any atom is -0.397 e. The van der Waals surface area contributed by atoms with Crippen molar-refractivity contribution in [2.75, 3.05) is 25.9 Å². The first-order chi connectivity index (χ1) is 8.95. The normalized spacial score (nSPS) is 23.4. The molecule has 2 heterocycles. The third kappa shape index (κ3) is 2.98. The van der Waals surface area contributed by atoms with E-state index in [0.29, 0.717) is 24.3 Å². The molecule has 1 saturated heterocycles. The Morgan fingerprint density at radius 2 is 2.37 bits per heavy atom. The minimum atomic E-state index is -0.292. The number of pyridine rings is 1. The molecule has 0 spiro atoms. The van der Waals surface area contributed by atoms with Crippen molar-refractivity contribution < 1.29 is 9.53 Å². The fraction of sp³-hybridized carbons (Fsp3) is 0.538. The zero-order valence-electron chi connectivity index (χ0n) is 11.1. The van der Waals surface area contributed by atoms with Crippen LogP contribution in [0.15, 0.2) is 12.3 Å². The van der Waals surface area contributed by atoms with Gasteiger partial charge in [0.15, 0.2) is 0 Å². The molecule has 0 aliphatic carbocycles. The maximum atomic E-state index is 12.5. The van der Waals surface area contributed by atoms with Gasteiger partial charge in [-0.2, -0.15) is 0 Å². The van der Waals surface area contributed by atoms with Crippen molar-refractivity contribution in [3.63, 3.8) is 0 Å². The number of likely N-dealkylation sites (tertiary alicyclic amines) is 1. The highest BCUT2D eigenvalue weighted by molar-refractivity contribution is 6.29. The SMILES string of the molecule is COC1(C)CCCN(C(=O)c2cc(Cl)ncc2N)C1. The Bertz CT molecular complexity index is 495. The number of ether oxygens (including phenoxy) is 1. The van der Waals surface area contributed by atoms with Crippen LogP contribution in [-0.4, -0.2) is 41.6 Å². The van der Waals surface area contributed by atoms with Crippen molar-refractivity contribution in [1.82, 2.24) is 9.88 Å². The topological polar surface area (TPSA) is 68.5 Å². The first-order valence-electron chi connectivity index (χ1n) is 6.21. The van der Waals surface area contributed by atoms with Crippen LogP contribution < -0.4 is 5.73 Å². The predicted octanol–water partition coefficient (Wildman–Crippen LogP) is 1.96. The van der Waals surface area contributed by atoms with Gasteiger partial charge in [0.25, 0.3) is 5.91 Å². The van der Waals surface area contributed by atoms with Crippen molar-refractivity contribution in [3.05, 3.63) is 23.0 Å². The predicted molar refractivity (Wildman–Crippen MR) is 74.2 cm³/mol. The standard InChI is InChI=1S/C13H18ClN3O2/c1-13(19-2)4-3-5-17(8-13)12(18)9-6-11(14)16-7-10(9)15/h6-7H,3-5,8,15H2,1-2H3. The van der Waals surface area contributed by atoms with Crippen LogP contribution in [0.2, 0.25) is 5.15 Å². The monoisotopic (exact) mass is 283 g/mol. The first kappa shape index (κ1) is 14.1. The van der Waals surface area contributed by atoms with Crippen molar-refractivity contribution in [2.45, 2.75) is 25.4 Å². The summed E-state index contributed by atoms with van der Waals surface area (Å²) in [6.07, 6.45) is 3.27. The molecule has 5 nitrogen and oxygen atoms in total. The molecule has 2 rings (SSSR count). The molecule has 1 aliphatic rings. The largest absolute Gasteiger partial charge is 0.397 e. The van der Waals surface area contributed by atoms with Gasteiger partial charge in [-0.3, -0.25) is 4.79 Å². The number of methoxy groups -OCH3 is 1. The maximum absolute atomic E-state index is 12.5. The van der Waals surface area contributed by atoms with E-state index in [0.717, 1.165) is 12.8 Å². The molecule has 1 atom stereocenters. The van der Waals surface area contributed by atoms with Crippen LogP contribution in [0.4, 0.5) is 5.69 Å². The highest BCUT2D eigenvalue weighted by Gasteiger charge is 2.33. The van der Waals surface area contributed by atoms with E-state index in [1.165, 1.54) is 12.3 Å². The van der Waals surface area contributed by atoms with Gasteiger partial charge in [0.05, 0.1) is 23.0 Å². The zero-order chi connectivity index (χ0) is 14.0. The minimum absolute atomic E-state index is 0.121. The number of hydrogen-bond donors (Lipinski definition) is 1. The third-order valence-corrected chi connectivity index (χ3v) is 3.78. The Labute approximate surface area is 117 Å². The Hall–Kier alpha value is -1.33. The van der Waals surface area contributed by atoms with Crippen LogP contribution in [0.3, 0.4) is 0 Å².